The van der Waals surface area contributed by atoms with Crippen molar-refractivity contribution in [3.05, 3.63) is 0 Å². The Morgan fingerprint density at radius 1 is 1.25 bits per heavy atom. The lowest BCUT2D eigenvalue weighted by Crippen LogP contribution is -2.38. The molecule has 0 saturated carbocycles. The molecule has 2 N–H and O–H groups in total. The SMILES string of the molecule is CCNC(CO)CCN(C)C(C)CC(C)C. The van der Waals surface area contributed by atoms with Crippen LogP contribution in [0, 0.1) is 5.92 Å². The second-order valence-corrected chi connectivity index (χ2v) is 5.19. The lowest BCUT2D eigenvalue weighted by atomic mass is 10.0. The second kappa shape index (κ2) is 8.97. The molecule has 3 heteroatoms. The van der Waals surface area contributed by atoms with Crippen molar-refractivity contribution in [3.63, 3.8) is 0 Å². The van der Waals surface area contributed by atoms with E-state index in [9.17, 15) is 5.11 Å². The molecule has 2 unspecified atom stereocenters. The van der Waals surface area contributed by atoms with E-state index in [1.165, 1.54) is 6.42 Å². The number of rotatable bonds is 9. The van der Waals surface area contributed by atoms with Gasteiger partial charge in [-0.3, -0.25) is 0 Å². The minimum atomic E-state index is 0.236. The van der Waals surface area contributed by atoms with Crippen molar-refractivity contribution in [2.24, 2.45) is 5.92 Å². The quantitative estimate of drug-likeness (QED) is 0.633. The van der Waals surface area contributed by atoms with Crippen LogP contribution in [-0.4, -0.2) is 48.8 Å². The Balaban J connectivity index is 3.80. The molecule has 3 nitrogen and oxygen atoms in total. The van der Waals surface area contributed by atoms with Gasteiger partial charge in [0.25, 0.3) is 0 Å². The van der Waals surface area contributed by atoms with Crippen LogP contribution in [0.3, 0.4) is 0 Å². The van der Waals surface area contributed by atoms with Gasteiger partial charge in [0.05, 0.1) is 6.61 Å². The van der Waals surface area contributed by atoms with Crippen LogP contribution in [0.5, 0.6) is 0 Å². The molecule has 0 aliphatic heterocycles. The van der Waals surface area contributed by atoms with Crippen molar-refractivity contribution >= 4 is 0 Å². The van der Waals surface area contributed by atoms with Gasteiger partial charge in [-0.1, -0.05) is 20.8 Å². The topological polar surface area (TPSA) is 35.5 Å². The van der Waals surface area contributed by atoms with Gasteiger partial charge >= 0.3 is 0 Å². The van der Waals surface area contributed by atoms with Crippen LogP contribution in [0.1, 0.15) is 40.5 Å². The highest BCUT2D eigenvalue weighted by Gasteiger charge is 2.13. The molecule has 16 heavy (non-hydrogen) atoms. The molecular weight excluding hydrogens is 200 g/mol. The molecule has 0 saturated heterocycles. The van der Waals surface area contributed by atoms with Crippen LogP contribution in [0.25, 0.3) is 0 Å². The fourth-order valence-corrected chi connectivity index (χ4v) is 1.99. The molecule has 0 radical (unpaired) electrons. The molecule has 0 bridgehead atoms. The van der Waals surface area contributed by atoms with Crippen LogP contribution in [-0.2, 0) is 0 Å². The predicted molar refractivity (Wildman–Crippen MR) is 70.7 cm³/mol. The van der Waals surface area contributed by atoms with E-state index in [-0.39, 0.29) is 12.6 Å². The predicted octanol–water partition coefficient (Wildman–Crippen LogP) is 1.71. The second-order valence-electron chi connectivity index (χ2n) is 5.19. The smallest absolute Gasteiger partial charge is 0.0585 e. The Labute approximate surface area is 101 Å². The number of aliphatic hydroxyl groups is 1. The van der Waals surface area contributed by atoms with Gasteiger partial charge in [0.1, 0.15) is 0 Å². The van der Waals surface area contributed by atoms with Gasteiger partial charge in [-0.2, -0.15) is 0 Å². The van der Waals surface area contributed by atoms with E-state index in [1.807, 2.05) is 0 Å². The van der Waals surface area contributed by atoms with Crippen molar-refractivity contribution in [1.29, 1.82) is 0 Å². The average Bonchev–Trinajstić information content (AvgIpc) is 2.22. The molecule has 0 amide bonds. The number of nitrogens with one attached hydrogen (secondary N) is 1. The van der Waals surface area contributed by atoms with E-state index in [0.29, 0.717) is 6.04 Å². The first kappa shape index (κ1) is 15.9. The average molecular weight is 230 g/mol. The van der Waals surface area contributed by atoms with E-state index in [2.05, 4.69) is 45.0 Å². The molecule has 0 heterocycles. The monoisotopic (exact) mass is 230 g/mol. The Morgan fingerprint density at radius 2 is 1.88 bits per heavy atom. The Morgan fingerprint density at radius 3 is 2.31 bits per heavy atom. The van der Waals surface area contributed by atoms with Crippen LogP contribution in [0.4, 0.5) is 0 Å². The molecule has 0 spiro atoms. The molecule has 0 aliphatic rings. The van der Waals surface area contributed by atoms with Gasteiger partial charge in [-0.25, -0.2) is 0 Å². The van der Waals surface area contributed by atoms with Crippen molar-refractivity contribution in [2.45, 2.75) is 52.6 Å². The fraction of sp³-hybridized carbons (Fsp3) is 1.00. The third-order valence-electron chi connectivity index (χ3n) is 3.11. The van der Waals surface area contributed by atoms with Crippen molar-refractivity contribution in [3.8, 4) is 0 Å². The maximum Gasteiger partial charge on any atom is 0.0585 e. The highest BCUT2D eigenvalue weighted by molar-refractivity contribution is 4.70. The van der Waals surface area contributed by atoms with E-state index >= 15 is 0 Å². The van der Waals surface area contributed by atoms with Crippen LogP contribution in [0.2, 0.25) is 0 Å². The zero-order valence-electron chi connectivity index (χ0n) is 11.7. The van der Waals surface area contributed by atoms with Crippen LogP contribution < -0.4 is 5.32 Å². The van der Waals surface area contributed by atoms with Gasteiger partial charge < -0.3 is 15.3 Å². The molecule has 0 aromatic carbocycles. The summed E-state index contributed by atoms with van der Waals surface area (Å²) < 4.78 is 0. The summed E-state index contributed by atoms with van der Waals surface area (Å²) in [7, 11) is 2.17. The van der Waals surface area contributed by atoms with Gasteiger partial charge in [0, 0.05) is 12.1 Å². The Bertz CT molecular complexity index is 162. The lowest BCUT2D eigenvalue weighted by molar-refractivity contribution is 0.190. The first-order valence-electron chi connectivity index (χ1n) is 6.55. The molecular formula is C13H30N2O. The van der Waals surface area contributed by atoms with Crippen LogP contribution in [0.15, 0.2) is 0 Å². The number of likely N-dealkylation sites (N-methyl/N-ethyl adjacent to an activating group) is 1. The largest absolute Gasteiger partial charge is 0.395 e. The summed E-state index contributed by atoms with van der Waals surface area (Å²) in [6.07, 6.45) is 2.25. The summed E-state index contributed by atoms with van der Waals surface area (Å²) in [6.45, 7) is 11.1. The van der Waals surface area contributed by atoms with E-state index in [1.54, 1.807) is 0 Å². The van der Waals surface area contributed by atoms with Gasteiger partial charge in [-0.05, 0) is 45.8 Å². The zero-order valence-corrected chi connectivity index (χ0v) is 11.7. The fourth-order valence-electron chi connectivity index (χ4n) is 1.99. The minimum absolute atomic E-state index is 0.236. The summed E-state index contributed by atoms with van der Waals surface area (Å²) in [5.74, 6) is 0.750. The highest BCUT2D eigenvalue weighted by atomic mass is 16.3. The minimum Gasteiger partial charge on any atom is -0.395 e. The molecule has 0 aromatic rings. The van der Waals surface area contributed by atoms with E-state index < -0.39 is 0 Å². The number of nitrogens with zero attached hydrogens (tertiary/aromatic N) is 1. The molecule has 2 atom stereocenters. The van der Waals surface area contributed by atoms with Crippen molar-refractivity contribution in [1.82, 2.24) is 10.2 Å². The normalized spacial score (nSPS) is 15.8. The molecule has 0 fully saturated rings. The summed E-state index contributed by atoms with van der Waals surface area (Å²) in [5, 5.41) is 12.5. The lowest BCUT2D eigenvalue weighted by Gasteiger charge is -2.27. The maximum absolute atomic E-state index is 9.17. The van der Waals surface area contributed by atoms with Crippen molar-refractivity contribution in [2.75, 3.05) is 26.7 Å². The highest BCUT2D eigenvalue weighted by Crippen LogP contribution is 2.10. The first-order chi connectivity index (χ1) is 7.51. The molecule has 98 valence electrons. The molecule has 0 rings (SSSR count). The van der Waals surface area contributed by atoms with Crippen LogP contribution >= 0.6 is 0 Å². The number of aliphatic hydroxyl groups excluding tert-OH is 1. The van der Waals surface area contributed by atoms with Gasteiger partial charge in [0.2, 0.25) is 0 Å². The summed E-state index contributed by atoms with van der Waals surface area (Å²) in [6, 6.07) is 0.875. The molecule has 0 aliphatic carbocycles. The summed E-state index contributed by atoms with van der Waals surface area (Å²) >= 11 is 0. The number of hydrogen-bond acceptors (Lipinski definition) is 3. The molecule has 0 aromatic heterocycles. The van der Waals surface area contributed by atoms with E-state index in [0.717, 1.165) is 25.4 Å². The summed E-state index contributed by atoms with van der Waals surface area (Å²) in [5.41, 5.74) is 0. The standard InChI is InChI=1S/C13H30N2O/c1-6-14-13(10-16)7-8-15(5)12(4)9-11(2)3/h11-14,16H,6-10H2,1-5H3. The van der Waals surface area contributed by atoms with Gasteiger partial charge in [-0.15, -0.1) is 0 Å². The third kappa shape index (κ3) is 7.20. The van der Waals surface area contributed by atoms with Gasteiger partial charge in [0.15, 0.2) is 0 Å². The van der Waals surface area contributed by atoms with Crippen molar-refractivity contribution < 1.29 is 5.11 Å². The number of hydrogen-bond donors (Lipinski definition) is 2. The third-order valence-corrected chi connectivity index (χ3v) is 3.11. The zero-order chi connectivity index (χ0) is 12.6. The Kier molecular flexibility index (Phi) is 8.90. The Hall–Kier alpha value is -0.120. The summed E-state index contributed by atoms with van der Waals surface area (Å²) in [4.78, 5) is 2.39. The maximum atomic E-state index is 9.17. The first-order valence-corrected chi connectivity index (χ1v) is 6.55. The van der Waals surface area contributed by atoms with E-state index in [4.69, 9.17) is 0 Å².